The van der Waals surface area contributed by atoms with Crippen molar-refractivity contribution in [3.8, 4) is 5.69 Å². The quantitative estimate of drug-likeness (QED) is 0.484. The van der Waals surface area contributed by atoms with Crippen molar-refractivity contribution < 1.29 is 4.79 Å². The molecule has 0 atom stereocenters. The van der Waals surface area contributed by atoms with E-state index in [0.29, 0.717) is 22.3 Å². The molecule has 2 aromatic carbocycles. The number of aromatic nitrogens is 3. The lowest BCUT2D eigenvalue weighted by Gasteiger charge is -2.17. The molecule has 32 heavy (non-hydrogen) atoms. The molecular weight excluding hydrogens is 400 g/mol. The van der Waals surface area contributed by atoms with Crippen LogP contribution in [0.4, 0.5) is 0 Å². The van der Waals surface area contributed by atoms with E-state index in [4.69, 9.17) is 0 Å². The van der Waals surface area contributed by atoms with Gasteiger partial charge in [0.15, 0.2) is 5.69 Å². The molecule has 0 bridgehead atoms. The number of nitrogens with zero attached hydrogens (tertiary/aromatic N) is 3. The molecule has 0 spiro atoms. The maximum atomic E-state index is 13.6. The number of fused-ring (bicyclic) bond motifs is 3. The molecule has 6 nitrogen and oxygen atoms in total. The topological polar surface area (TPSA) is 68.9 Å². The normalized spacial score (nSPS) is 15.2. The fraction of sp³-hybridized carbons (Fsp3) is 0.346. The van der Waals surface area contributed by atoms with Crippen LogP contribution in [0.3, 0.4) is 0 Å². The van der Waals surface area contributed by atoms with Gasteiger partial charge < -0.3 is 9.88 Å². The maximum Gasteiger partial charge on any atom is 0.296 e. The van der Waals surface area contributed by atoms with Gasteiger partial charge in [0.25, 0.3) is 11.5 Å². The van der Waals surface area contributed by atoms with Crippen molar-refractivity contribution in [1.29, 1.82) is 0 Å². The standard InChI is InChI=1S/C26H28N4O2/c1-17-13-15-19(16-14-17)30-26(32)24-22(20-11-7-8-12-21(20)29(24)2)23(28-30)25(31)27-18-9-5-3-4-6-10-18/h7-8,11-16,18H,3-6,9-10H2,1-2H3,(H,27,31). The summed E-state index contributed by atoms with van der Waals surface area (Å²) in [5, 5.41) is 9.35. The van der Waals surface area contributed by atoms with Crippen LogP contribution in [0.15, 0.2) is 53.3 Å². The van der Waals surface area contributed by atoms with E-state index in [-0.39, 0.29) is 17.5 Å². The molecule has 1 saturated carbocycles. The van der Waals surface area contributed by atoms with Gasteiger partial charge in [-0.1, -0.05) is 61.6 Å². The zero-order valence-corrected chi connectivity index (χ0v) is 18.6. The summed E-state index contributed by atoms with van der Waals surface area (Å²) in [4.78, 5) is 27.1. The molecule has 0 unspecified atom stereocenters. The van der Waals surface area contributed by atoms with E-state index in [0.717, 1.165) is 42.1 Å². The Labute approximate surface area is 186 Å². The number of amides is 1. The Hall–Kier alpha value is -3.41. The first kappa shape index (κ1) is 20.5. The van der Waals surface area contributed by atoms with Gasteiger partial charge in [-0.3, -0.25) is 9.59 Å². The minimum absolute atomic E-state index is 0.150. The molecule has 2 aromatic heterocycles. The largest absolute Gasteiger partial charge is 0.348 e. The van der Waals surface area contributed by atoms with E-state index in [1.165, 1.54) is 17.5 Å². The SMILES string of the molecule is Cc1ccc(-n2nc(C(=O)NC3CCCCCC3)c3c4ccccc4n(C)c3c2=O)cc1. The van der Waals surface area contributed by atoms with Crippen molar-refractivity contribution in [1.82, 2.24) is 19.7 Å². The Morgan fingerprint density at radius 1 is 1.00 bits per heavy atom. The first-order chi connectivity index (χ1) is 15.5. The summed E-state index contributed by atoms with van der Waals surface area (Å²) < 4.78 is 3.24. The van der Waals surface area contributed by atoms with Crippen LogP contribution in [0.5, 0.6) is 0 Å². The Bertz CT molecular complexity index is 1360. The summed E-state index contributed by atoms with van der Waals surface area (Å²) in [7, 11) is 1.87. The van der Waals surface area contributed by atoms with Gasteiger partial charge >= 0.3 is 0 Å². The average Bonchev–Trinajstić information content (AvgIpc) is 2.93. The fourth-order valence-electron chi connectivity index (χ4n) is 4.88. The van der Waals surface area contributed by atoms with Crippen LogP contribution in [0.1, 0.15) is 54.6 Å². The number of aryl methyl sites for hydroxylation is 2. The number of nitrogens with one attached hydrogen (secondary N) is 1. The van der Waals surface area contributed by atoms with E-state index in [1.807, 2.05) is 67.1 Å². The summed E-state index contributed by atoms with van der Waals surface area (Å²) in [5.74, 6) is -0.209. The molecule has 1 N–H and O–H groups in total. The zero-order valence-electron chi connectivity index (χ0n) is 18.6. The molecule has 1 aliphatic carbocycles. The third kappa shape index (κ3) is 3.49. The zero-order chi connectivity index (χ0) is 22.2. The van der Waals surface area contributed by atoms with Gasteiger partial charge in [0.2, 0.25) is 0 Å². The van der Waals surface area contributed by atoms with Gasteiger partial charge in [-0.15, -0.1) is 0 Å². The van der Waals surface area contributed by atoms with Crippen molar-refractivity contribution >= 4 is 27.7 Å². The third-order valence-electron chi connectivity index (χ3n) is 6.62. The van der Waals surface area contributed by atoms with Gasteiger partial charge in [0, 0.05) is 29.4 Å². The van der Waals surface area contributed by atoms with Crippen molar-refractivity contribution in [2.75, 3.05) is 0 Å². The molecule has 0 radical (unpaired) electrons. The number of carbonyl (C=O) groups excluding carboxylic acids is 1. The Balaban J connectivity index is 1.73. The Morgan fingerprint density at radius 3 is 2.41 bits per heavy atom. The second kappa shape index (κ2) is 8.26. The van der Waals surface area contributed by atoms with Gasteiger partial charge in [-0.2, -0.15) is 9.78 Å². The number of para-hydroxylation sites is 1. The summed E-state index contributed by atoms with van der Waals surface area (Å²) >= 11 is 0. The van der Waals surface area contributed by atoms with Crippen LogP contribution in [0.25, 0.3) is 27.5 Å². The number of rotatable bonds is 3. The first-order valence-corrected chi connectivity index (χ1v) is 11.4. The molecule has 1 aliphatic rings. The van der Waals surface area contributed by atoms with Crippen molar-refractivity contribution in [2.45, 2.75) is 51.5 Å². The average molecular weight is 429 g/mol. The lowest BCUT2D eigenvalue weighted by Crippen LogP contribution is -2.36. The van der Waals surface area contributed by atoms with E-state index in [2.05, 4.69) is 10.4 Å². The van der Waals surface area contributed by atoms with Gasteiger partial charge in [-0.25, -0.2) is 0 Å². The van der Waals surface area contributed by atoms with Gasteiger partial charge in [0.1, 0.15) is 5.52 Å². The summed E-state index contributed by atoms with van der Waals surface area (Å²) in [6.45, 7) is 2.00. The van der Waals surface area contributed by atoms with E-state index >= 15 is 0 Å². The Morgan fingerprint density at radius 2 is 1.69 bits per heavy atom. The van der Waals surface area contributed by atoms with Crippen LogP contribution in [0, 0.1) is 6.92 Å². The molecule has 0 saturated heterocycles. The van der Waals surface area contributed by atoms with Crippen LogP contribution >= 0.6 is 0 Å². The van der Waals surface area contributed by atoms with E-state index in [1.54, 1.807) is 0 Å². The molecule has 4 aromatic rings. The highest BCUT2D eigenvalue weighted by Gasteiger charge is 2.25. The minimum Gasteiger partial charge on any atom is -0.348 e. The summed E-state index contributed by atoms with van der Waals surface area (Å²) in [6, 6.07) is 15.6. The van der Waals surface area contributed by atoms with Crippen LogP contribution < -0.4 is 10.9 Å². The number of benzene rings is 2. The van der Waals surface area contributed by atoms with Crippen molar-refractivity contribution in [3.05, 3.63) is 70.1 Å². The van der Waals surface area contributed by atoms with Crippen LogP contribution in [0.2, 0.25) is 0 Å². The number of hydrogen-bond donors (Lipinski definition) is 1. The summed E-state index contributed by atoms with van der Waals surface area (Å²) in [6.07, 6.45) is 6.67. The monoisotopic (exact) mass is 428 g/mol. The smallest absolute Gasteiger partial charge is 0.296 e. The maximum absolute atomic E-state index is 13.6. The molecule has 6 heteroatoms. The molecular formula is C26H28N4O2. The highest BCUT2D eigenvalue weighted by atomic mass is 16.2. The highest BCUT2D eigenvalue weighted by molar-refractivity contribution is 6.16. The molecule has 1 fully saturated rings. The lowest BCUT2D eigenvalue weighted by molar-refractivity contribution is 0.0928. The van der Waals surface area contributed by atoms with E-state index < -0.39 is 0 Å². The molecule has 5 rings (SSSR count). The van der Waals surface area contributed by atoms with Crippen molar-refractivity contribution in [2.24, 2.45) is 7.05 Å². The third-order valence-corrected chi connectivity index (χ3v) is 6.62. The minimum atomic E-state index is -0.228. The fourth-order valence-corrected chi connectivity index (χ4v) is 4.88. The van der Waals surface area contributed by atoms with Crippen LogP contribution in [-0.2, 0) is 7.05 Å². The number of hydrogen-bond acceptors (Lipinski definition) is 3. The van der Waals surface area contributed by atoms with Gasteiger partial charge in [-0.05, 0) is 38.0 Å². The molecule has 1 amide bonds. The second-order valence-corrected chi connectivity index (χ2v) is 8.86. The van der Waals surface area contributed by atoms with Gasteiger partial charge in [0.05, 0.1) is 5.69 Å². The molecule has 164 valence electrons. The molecule has 2 heterocycles. The van der Waals surface area contributed by atoms with Crippen molar-refractivity contribution in [3.63, 3.8) is 0 Å². The highest BCUT2D eigenvalue weighted by Crippen LogP contribution is 2.29. The molecule has 0 aliphatic heterocycles. The number of carbonyl (C=O) groups is 1. The second-order valence-electron chi connectivity index (χ2n) is 8.86. The predicted molar refractivity (Wildman–Crippen MR) is 128 cm³/mol. The summed E-state index contributed by atoms with van der Waals surface area (Å²) in [5.41, 5.74) is 3.23. The predicted octanol–water partition coefficient (Wildman–Crippen LogP) is 4.64. The lowest BCUT2D eigenvalue weighted by atomic mass is 10.1. The Kier molecular flexibility index (Phi) is 5.29. The first-order valence-electron chi connectivity index (χ1n) is 11.4. The van der Waals surface area contributed by atoms with Crippen LogP contribution in [-0.4, -0.2) is 26.3 Å². The van der Waals surface area contributed by atoms with E-state index in [9.17, 15) is 9.59 Å².